The molecule has 0 radical (unpaired) electrons. The number of ether oxygens (including phenoxy) is 1. The van der Waals surface area contributed by atoms with Crippen LogP contribution in [0.4, 0.5) is 13.2 Å². The number of amides is 1. The van der Waals surface area contributed by atoms with Crippen LogP contribution in [0.15, 0.2) is 12.4 Å². The van der Waals surface area contributed by atoms with Gasteiger partial charge in [0.2, 0.25) is 11.5 Å². The zero-order chi connectivity index (χ0) is 23.9. The second kappa shape index (κ2) is 8.89. The van der Waals surface area contributed by atoms with E-state index in [1.165, 1.54) is 21.9 Å². The smallest absolute Gasteiger partial charge is 0.374 e. The minimum absolute atomic E-state index is 0.0545. The fourth-order valence-electron chi connectivity index (χ4n) is 4.05. The first-order valence-corrected chi connectivity index (χ1v) is 11.6. The highest BCUT2D eigenvalue weighted by Gasteiger charge is 2.59. The summed E-state index contributed by atoms with van der Waals surface area (Å²) in [7, 11) is -2.50. The number of imidazole rings is 1. The Morgan fingerprint density at radius 3 is 2.19 bits per heavy atom. The zero-order valence-electron chi connectivity index (χ0n) is 18.1. The van der Waals surface area contributed by atoms with Crippen LogP contribution in [0.2, 0.25) is 0 Å². The SMILES string of the molecule is CC1CN(S(=O)(=O)N2CCN(C(=O)CC(O)(c3nccn3C)C(F)(F)F)CC2)CC(C)O1. The van der Waals surface area contributed by atoms with Crippen LogP contribution in [-0.2, 0) is 32.4 Å². The van der Waals surface area contributed by atoms with Crippen molar-refractivity contribution in [1.82, 2.24) is 23.1 Å². The minimum atomic E-state index is -5.13. The van der Waals surface area contributed by atoms with Crippen LogP contribution < -0.4 is 0 Å². The van der Waals surface area contributed by atoms with E-state index in [-0.39, 0.29) is 51.5 Å². The molecule has 2 saturated heterocycles. The third kappa shape index (κ3) is 4.78. The summed E-state index contributed by atoms with van der Waals surface area (Å²) in [6.45, 7) is 3.69. The highest BCUT2D eigenvalue weighted by molar-refractivity contribution is 7.86. The molecule has 14 heteroatoms. The fourth-order valence-corrected chi connectivity index (χ4v) is 5.80. The summed E-state index contributed by atoms with van der Waals surface area (Å²) in [6.07, 6.45) is -4.55. The molecule has 3 heterocycles. The normalized spacial score (nSPS) is 26.2. The van der Waals surface area contributed by atoms with Crippen LogP contribution in [0, 0.1) is 0 Å². The molecule has 0 bridgehead atoms. The zero-order valence-corrected chi connectivity index (χ0v) is 18.9. The lowest BCUT2D eigenvalue weighted by atomic mass is 9.96. The Kier molecular flexibility index (Phi) is 6.92. The summed E-state index contributed by atoms with van der Waals surface area (Å²) >= 11 is 0. The maximum Gasteiger partial charge on any atom is 0.425 e. The van der Waals surface area contributed by atoms with Gasteiger partial charge in [-0.05, 0) is 13.8 Å². The quantitative estimate of drug-likeness (QED) is 0.635. The number of carbonyl (C=O) groups is 1. The van der Waals surface area contributed by atoms with Gasteiger partial charge in [0.15, 0.2) is 5.82 Å². The Labute approximate surface area is 184 Å². The van der Waals surface area contributed by atoms with E-state index in [4.69, 9.17) is 4.74 Å². The first-order chi connectivity index (χ1) is 14.8. The molecule has 3 unspecified atom stereocenters. The number of aromatic nitrogens is 2. The molecule has 2 aliphatic rings. The van der Waals surface area contributed by atoms with Crippen molar-refractivity contribution in [3.05, 3.63) is 18.2 Å². The lowest BCUT2D eigenvalue weighted by Gasteiger charge is -2.40. The maximum absolute atomic E-state index is 13.7. The summed E-state index contributed by atoms with van der Waals surface area (Å²) in [5, 5.41) is 10.4. The van der Waals surface area contributed by atoms with Crippen molar-refractivity contribution in [1.29, 1.82) is 0 Å². The van der Waals surface area contributed by atoms with E-state index in [2.05, 4.69) is 4.98 Å². The van der Waals surface area contributed by atoms with Gasteiger partial charge in [0.1, 0.15) is 0 Å². The maximum atomic E-state index is 13.7. The van der Waals surface area contributed by atoms with Gasteiger partial charge in [-0.25, -0.2) is 4.98 Å². The molecule has 0 aliphatic carbocycles. The highest BCUT2D eigenvalue weighted by Crippen LogP contribution is 2.41. The third-order valence-corrected chi connectivity index (χ3v) is 7.67. The molecule has 0 aromatic carbocycles. The van der Waals surface area contributed by atoms with Crippen LogP contribution >= 0.6 is 0 Å². The fraction of sp³-hybridized carbons (Fsp3) is 0.778. The van der Waals surface area contributed by atoms with Gasteiger partial charge in [-0.1, -0.05) is 0 Å². The average molecular weight is 484 g/mol. The van der Waals surface area contributed by atoms with Gasteiger partial charge < -0.3 is 19.3 Å². The van der Waals surface area contributed by atoms with E-state index in [9.17, 15) is 31.5 Å². The van der Waals surface area contributed by atoms with E-state index >= 15 is 0 Å². The van der Waals surface area contributed by atoms with Crippen LogP contribution in [0.25, 0.3) is 0 Å². The summed E-state index contributed by atoms with van der Waals surface area (Å²) < 4.78 is 76.1. The van der Waals surface area contributed by atoms with Crippen LogP contribution in [-0.4, -0.2) is 100 Å². The highest BCUT2D eigenvalue weighted by atomic mass is 32.2. The molecule has 2 fully saturated rings. The van der Waals surface area contributed by atoms with E-state index in [1.54, 1.807) is 13.8 Å². The number of piperazine rings is 1. The Balaban J connectivity index is 1.67. The second-order valence-electron chi connectivity index (χ2n) is 8.26. The van der Waals surface area contributed by atoms with Crippen molar-refractivity contribution < 1.29 is 36.2 Å². The van der Waals surface area contributed by atoms with E-state index in [0.717, 1.165) is 15.7 Å². The molecule has 32 heavy (non-hydrogen) atoms. The third-order valence-electron chi connectivity index (χ3n) is 5.70. The standard InChI is InChI=1S/C18H28F3N5O5S/c1-13-11-26(12-14(2)31-13)32(29,30)25-8-6-24(7-9-25)15(27)10-17(28,18(19,20)21)16-22-4-5-23(16)3/h4-5,13-14,28H,6-12H2,1-3H3. The van der Waals surface area contributed by atoms with Crippen molar-refractivity contribution in [2.75, 3.05) is 39.3 Å². The number of alkyl halides is 3. The number of aliphatic hydroxyl groups is 1. The largest absolute Gasteiger partial charge is 0.425 e. The molecule has 182 valence electrons. The van der Waals surface area contributed by atoms with Gasteiger partial charge in [0, 0.05) is 58.7 Å². The summed E-state index contributed by atoms with van der Waals surface area (Å²) in [6, 6.07) is 0. The molecule has 2 aliphatic heterocycles. The van der Waals surface area contributed by atoms with Crippen molar-refractivity contribution in [2.24, 2.45) is 7.05 Å². The van der Waals surface area contributed by atoms with E-state index in [0.29, 0.717) is 0 Å². The Hall–Kier alpha value is -1.74. The molecule has 10 nitrogen and oxygen atoms in total. The summed E-state index contributed by atoms with van der Waals surface area (Å²) in [4.78, 5) is 17.4. The predicted molar refractivity (Wildman–Crippen MR) is 106 cm³/mol. The van der Waals surface area contributed by atoms with Crippen molar-refractivity contribution in [3.8, 4) is 0 Å². The molecule has 1 aromatic rings. The molecule has 1 N–H and O–H groups in total. The van der Waals surface area contributed by atoms with Crippen LogP contribution in [0.1, 0.15) is 26.1 Å². The average Bonchev–Trinajstić information content (AvgIpc) is 3.12. The first-order valence-electron chi connectivity index (χ1n) is 10.2. The van der Waals surface area contributed by atoms with Crippen LogP contribution in [0.3, 0.4) is 0 Å². The number of morpholine rings is 1. The van der Waals surface area contributed by atoms with Crippen molar-refractivity contribution >= 4 is 16.1 Å². The van der Waals surface area contributed by atoms with Gasteiger partial charge >= 0.3 is 6.18 Å². The van der Waals surface area contributed by atoms with Gasteiger partial charge in [-0.15, -0.1) is 0 Å². The Bertz CT molecular complexity index is 922. The molecular weight excluding hydrogens is 455 g/mol. The minimum Gasteiger partial charge on any atom is -0.374 e. The molecular formula is C18H28F3N5O5S. The number of carbonyl (C=O) groups excluding carboxylic acids is 1. The molecule has 0 spiro atoms. The Morgan fingerprint density at radius 1 is 1.16 bits per heavy atom. The lowest BCUT2D eigenvalue weighted by molar-refractivity contribution is -0.272. The Morgan fingerprint density at radius 2 is 1.72 bits per heavy atom. The first kappa shape index (κ1) is 24.9. The molecule has 3 rings (SSSR count). The lowest BCUT2D eigenvalue weighted by Crippen LogP contribution is -2.58. The number of rotatable bonds is 5. The van der Waals surface area contributed by atoms with Crippen molar-refractivity contribution in [2.45, 2.75) is 44.3 Å². The number of nitrogens with zero attached hydrogens (tertiary/aromatic N) is 5. The van der Waals surface area contributed by atoms with Crippen molar-refractivity contribution in [3.63, 3.8) is 0 Å². The summed E-state index contributed by atoms with van der Waals surface area (Å²) in [5.74, 6) is -1.62. The topological polar surface area (TPSA) is 108 Å². The molecule has 0 saturated carbocycles. The van der Waals surface area contributed by atoms with Gasteiger partial charge in [0.05, 0.1) is 18.6 Å². The summed E-state index contributed by atoms with van der Waals surface area (Å²) in [5.41, 5.74) is -3.45. The van der Waals surface area contributed by atoms with Crippen LogP contribution in [0.5, 0.6) is 0 Å². The number of hydrogen-bond acceptors (Lipinski definition) is 6. The van der Waals surface area contributed by atoms with Gasteiger partial charge in [-0.2, -0.15) is 30.2 Å². The predicted octanol–water partition coefficient (Wildman–Crippen LogP) is 0.0583. The van der Waals surface area contributed by atoms with E-state index in [1.807, 2.05) is 0 Å². The number of aryl methyl sites for hydroxylation is 1. The molecule has 3 atom stereocenters. The molecule has 1 amide bonds. The number of hydrogen-bond donors (Lipinski definition) is 1. The number of halogens is 3. The van der Waals surface area contributed by atoms with Gasteiger partial charge in [0.25, 0.3) is 10.2 Å². The van der Waals surface area contributed by atoms with Gasteiger partial charge in [-0.3, -0.25) is 4.79 Å². The molecule has 1 aromatic heterocycles. The monoisotopic (exact) mass is 483 g/mol. The second-order valence-corrected chi connectivity index (χ2v) is 10.2. The van der Waals surface area contributed by atoms with E-state index < -0.39 is 40.1 Å².